The molecule has 1 unspecified atom stereocenters. The van der Waals surface area contributed by atoms with Crippen LogP contribution in [0.25, 0.3) is 11.0 Å². The van der Waals surface area contributed by atoms with Gasteiger partial charge in [-0.3, -0.25) is 33.5 Å². The van der Waals surface area contributed by atoms with E-state index in [1.54, 1.807) is 16.3 Å². The number of carbonyl (C=O) groups is 3. The summed E-state index contributed by atoms with van der Waals surface area (Å²) in [6.45, 7) is 2.54. The average Bonchev–Trinajstić information content (AvgIpc) is 3.67. The molecule has 2 saturated heterocycles. The van der Waals surface area contributed by atoms with Gasteiger partial charge < -0.3 is 15.1 Å². The molecule has 2 aromatic carbocycles. The molecular weight excluding hydrogens is 677 g/mol. The van der Waals surface area contributed by atoms with E-state index in [9.17, 15) is 32.3 Å². The number of benzene rings is 2. The summed E-state index contributed by atoms with van der Waals surface area (Å²) in [5, 5.41) is 9.02. The van der Waals surface area contributed by atoms with Gasteiger partial charge in [0.25, 0.3) is 12.3 Å². The summed E-state index contributed by atoms with van der Waals surface area (Å²) in [5.74, 6) is -1.59. The number of hydrogen-bond donors (Lipinski definition) is 2. The third-order valence-corrected chi connectivity index (χ3v) is 11.1. The number of nitrogens with zero attached hydrogens (tertiary/aromatic N) is 6. The van der Waals surface area contributed by atoms with E-state index in [-0.39, 0.29) is 41.7 Å². The van der Waals surface area contributed by atoms with E-state index >= 15 is 0 Å². The Morgan fingerprint density at radius 2 is 1.75 bits per heavy atom. The molecule has 3 aliphatic rings. The molecule has 1 aliphatic carbocycles. The number of para-hydroxylation sites is 1. The van der Waals surface area contributed by atoms with Crippen molar-refractivity contribution in [1.82, 2.24) is 29.1 Å². The Labute approximate surface area is 298 Å². The minimum absolute atomic E-state index is 0.0364. The number of fused-ring (bicyclic) bond motifs is 1. The first-order chi connectivity index (χ1) is 25.0. The van der Waals surface area contributed by atoms with E-state index in [0.29, 0.717) is 17.5 Å². The smallest absolute Gasteiger partial charge is 0.329 e. The number of alkyl halides is 2. The van der Waals surface area contributed by atoms with Crippen molar-refractivity contribution in [3.8, 4) is 0 Å². The van der Waals surface area contributed by atoms with Crippen LogP contribution in [0.1, 0.15) is 85.9 Å². The van der Waals surface area contributed by atoms with Crippen molar-refractivity contribution in [1.29, 1.82) is 0 Å². The highest BCUT2D eigenvalue weighted by atomic mass is 19.3. The van der Waals surface area contributed by atoms with Gasteiger partial charge in [0.1, 0.15) is 11.9 Å². The van der Waals surface area contributed by atoms with E-state index in [1.807, 2.05) is 18.2 Å². The first kappa shape index (κ1) is 35.5. The van der Waals surface area contributed by atoms with Gasteiger partial charge in [-0.1, -0.05) is 12.1 Å². The summed E-state index contributed by atoms with van der Waals surface area (Å²) in [6, 6.07) is 10.4. The van der Waals surface area contributed by atoms with Gasteiger partial charge in [-0.2, -0.15) is 5.10 Å². The van der Waals surface area contributed by atoms with Gasteiger partial charge >= 0.3 is 5.69 Å². The van der Waals surface area contributed by atoms with Crippen molar-refractivity contribution in [2.24, 2.45) is 13.0 Å². The predicted molar refractivity (Wildman–Crippen MR) is 189 cm³/mol. The maximum Gasteiger partial charge on any atom is 0.329 e. The Kier molecular flexibility index (Phi) is 9.96. The van der Waals surface area contributed by atoms with Crippen LogP contribution in [0.15, 0.2) is 53.5 Å². The third kappa shape index (κ3) is 6.97. The van der Waals surface area contributed by atoms with Crippen molar-refractivity contribution in [2.75, 3.05) is 36.9 Å². The second kappa shape index (κ2) is 14.6. The number of amides is 3. The standard InChI is InChI=1S/C37H43F3N8O4/c1-44(20-22-9-11-26(12-10-22)47-21-27(32(43-47)34(39)40)41-35(50)23-5-3-6-24(38)19-23)25-15-17-46(18-16-25)28-7-4-8-29-33(28)45(2)37(52)48(29)30-13-14-31(49)42-36(30)51/h3-8,19,21-22,25-26,30,34H,9-18,20H2,1-2H3,(H,41,50)(H,42,49,51). The number of imide groups is 1. The number of hydrogen-bond acceptors (Lipinski definition) is 7. The lowest BCUT2D eigenvalue weighted by molar-refractivity contribution is -0.135. The van der Waals surface area contributed by atoms with E-state index < -0.39 is 35.8 Å². The normalized spacial score (nSPS) is 21.7. The minimum Gasteiger partial charge on any atom is -0.370 e. The number of imidazole rings is 1. The zero-order valence-corrected chi connectivity index (χ0v) is 29.2. The highest BCUT2D eigenvalue weighted by Gasteiger charge is 2.33. The lowest BCUT2D eigenvalue weighted by atomic mass is 9.85. The first-order valence-corrected chi connectivity index (χ1v) is 17.9. The Morgan fingerprint density at radius 1 is 1.02 bits per heavy atom. The average molecular weight is 721 g/mol. The molecule has 2 aliphatic heterocycles. The Morgan fingerprint density at radius 3 is 2.44 bits per heavy atom. The highest BCUT2D eigenvalue weighted by Crippen LogP contribution is 2.36. The SMILES string of the molecule is CN(CC1CCC(n2cc(NC(=O)c3cccc(F)c3)c(C(F)F)n2)CC1)C1CCN(c2cccc3c2n(C)c(=O)n3C2CCC(=O)NC2=O)CC1. The predicted octanol–water partition coefficient (Wildman–Crippen LogP) is 5.18. The van der Waals surface area contributed by atoms with Crippen LogP contribution >= 0.6 is 0 Å². The molecule has 15 heteroatoms. The Balaban J connectivity index is 0.943. The first-order valence-electron chi connectivity index (χ1n) is 17.9. The van der Waals surface area contributed by atoms with Crippen LogP contribution in [0.5, 0.6) is 0 Å². The molecule has 7 rings (SSSR count). The van der Waals surface area contributed by atoms with Gasteiger partial charge in [0, 0.05) is 50.9 Å². The molecule has 4 aromatic rings. The van der Waals surface area contributed by atoms with E-state index in [2.05, 4.69) is 32.6 Å². The number of rotatable bonds is 9. The van der Waals surface area contributed by atoms with Crippen LogP contribution in [0, 0.1) is 11.7 Å². The Hall–Kier alpha value is -4.92. The van der Waals surface area contributed by atoms with Gasteiger partial charge in [-0.05, 0) is 88.2 Å². The molecule has 4 heterocycles. The molecule has 276 valence electrons. The van der Waals surface area contributed by atoms with E-state index in [0.717, 1.165) is 75.4 Å². The topological polar surface area (TPSA) is 126 Å². The lowest BCUT2D eigenvalue weighted by Crippen LogP contribution is -2.45. The molecule has 0 radical (unpaired) electrons. The zero-order chi connectivity index (χ0) is 36.7. The van der Waals surface area contributed by atoms with Gasteiger partial charge in [0.15, 0.2) is 5.69 Å². The van der Waals surface area contributed by atoms with Gasteiger partial charge in [0.2, 0.25) is 11.8 Å². The lowest BCUT2D eigenvalue weighted by Gasteiger charge is -2.40. The Bertz CT molecular complexity index is 2040. The van der Waals surface area contributed by atoms with Crippen LogP contribution < -0.4 is 21.2 Å². The van der Waals surface area contributed by atoms with Crippen molar-refractivity contribution in [3.63, 3.8) is 0 Å². The molecule has 1 atom stereocenters. The molecule has 0 bridgehead atoms. The number of aromatic nitrogens is 4. The molecule has 3 fully saturated rings. The number of piperidine rings is 2. The monoisotopic (exact) mass is 720 g/mol. The quantitative estimate of drug-likeness (QED) is 0.229. The molecular formula is C37H43F3N8O4. The summed E-state index contributed by atoms with van der Waals surface area (Å²) < 4.78 is 46.1. The fourth-order valence-electron chi connectivity index (χ4n) is 8.27. The third-order valence-electron chi connectivity index (χ3n) is 11.1. The van der Waals surface area contributed by atoms with Crippen LogP contribution in [0.2, 0.25) is 0 Å². The van der Waals surface area contributed by atoms with Gasteiger partial charge in [-0.25, -0.2) is 18.0 Å². The molecule has 52 heavy (non-hydrogen) atoms. The molecule has 12 nitrogen and oxygen atoms in total. The minimum atomic E-state index is -2.88. The van der Waals surface area contributed by atoms with Crippen molar-refractivity contribution in [3.05, 3.63) is 76.2 Å². The number of aryl methyl sites for hydroxylation is 1. The largest absolute Gasteiger partial charge is 0.370 e. The summed E-state index contributed by atoms with van der Waals surface area (Å²) in [4.78, 5) is 55.2. The van der Waals surface area contributed by atoms with E-state index in [4.69, 9.17) is 0 Å². The van der Waals surface area contributed by atoms with Crippen LogP contribution in [0.3, 0.4) is 0 Å². The van der Waals surface area contributed by atoms with Gasteiger partial charge in [0.05, 0.1) is 28.5 Å². The second-order valence-corrected chi connectivity index (χ2v) is 14.3. The zero-order valence-electron chi connectivity index (χ0n) is 29.2. The molecule has 0 spiro atoms. The number of halogens is 3. The highest BCUT2D eigenvalue weighted by molar-refractivity contribution is 6.04. The summed E-state index contributed by atoms with van der Waals surface area (Å²) in [7, 11) is 3.88. The second-order valence-electron chi connectivity index (χ2n) is 14.3. The van der Waals surface area contributed by atoms with E-state index in [1.165, 1.54) is 29.0 Å². The summed E-state index contributed by atoms with van der Waals surface area (Å²) in [6.07, 6.45) is 4.35. The van der Waals surface area contributed by atoms with Crippen molar-refractivity contribution < 1.29 is 27.6 Å². The molecule has 1 saturated carbocycles. The summed E-state index contributed by atoms with van der Waals surface area (Å²) >= 11 is 0. The van der Waals surface area contributed by atoms with Crippen LogP contribution in [-0.2, 0) is 16.6 Å². The van der Waals surface area contributed by atoms with Crippen molar-refractivity contribution >= 4 is 40.1 Å². The number of anilines is 2. The fraction of sp³-hybridized carbons (Fsp3) is 0.486. The molecule has 2 aromatic heterocycles. The number of nitrogens with one attached hydrogen (secondary N) is 2. The van der Waals surface area contributed by atoms with Crippen LogP contribution in [0.4, 0.5) is 24.5 Å². The maximum absolute atomic E-state index is 13.9. The fourth-order valence-corrected chi connectivity index (χ4v) is 8.27. The summed E-state index contributed by atoms with van der Waals surface area (Å²) in [5.41, 5.74) is 1.60. The van der Waals surface area contributed by atoms with Crippen LogP contribution in [-0.4, -0.2) is 74.3 Å². The maximum atomic E-state index is 13.9. The molecule has 3 amide bonds. The van der Waals surface area contributed by atoms with Gasteiger partial charge in [-0.15, -0.1) is 0 Å². The number of carbonyl (C=O) groups excluding carboxylic acids is 3. The van der Waals surface area contributed by atoms with Crippen molar-refractivity contribution in [2.45, 2.75) is 75.9 Å². The molecule has 2 N–H and O–H groups in total.